The van der Waals surface area contributed by atoms with Crippen LogP contribution in [-0.2, 0) is 7.05 Å². The van der Waals surface area contributed by atoms with Crippen molar-refractivity contribution in [2.24, 2.45) is 7.05 Å². The molecule has 1 atom stereocenters. The van der Waals surface area contributed by atoms with E-state index in [2.05, 4.69) is 5.10 Å². The summed E-state index contributed by atoms with van der Waals surface area (Å²) >= 11 is 0. The van der Waals surface area contributed by atoms with E-state index >= 15 is 0 Å². The highest BCUT2D eigenvalue weighted by molar-refractivity contribution is 5.48. The standard InChI is InChI=1S/C13H17N3O/c1-15(2)12-6-4-5-10(7-12)13(17)11-8-14-16(3)9-11/h4-9,13,17H,1-3H3. The Morgan fingerprint density at radius 3 is 2.65 bits per heavy atom. The molecular weight excluding hydrogens is 214 g/mol. The van der Waals surface area contributed by atoms with E-state index < -0.39 is 6.10 Å². The SMILES string of the molecule is CN(C)c1cccc(C(O)c2cnn(C)c2)c1. The van der Waals surface area contributed by atoms with Crippen LogP contribution in [0.2, 0.25) is 0 Å². The van der Waals surface area contributed by atoms with Crippen molar-refractivity contribution in [3.63, 3.8) is 0 Å². The van der Waals surface area contributed by atoms with Crippen molar-refractivity contribution >= 4 is 5.69 Å². The maximum absolute atomic E-state index is 10.2. The van der Waals surface area contributed by atoms with Gasteiger partial charge in [-0.05, 0) is 17.7 Å². The Morgan fingerprint density at radius 1 is 1.29 bits per heavy atom. The number of aliphatic hydroxyl groups is 1. The summed E-state index contributed by atoms with van der Waals surface area (Å²) in [6, 6.07) is 7.87. The fourth-order valence-corrected chi connectivity index (χ4v) is 1.75. The highest BCUT2D eigenvalue weighted by Gasteiger charge is 2.12. The fraction of sp³-hybridized carbons (Fsp3) is 0.308. The molecule has 0 amide bonds. The lowest BCUT2D eigenvalue weighted by molar-refractivity contribution is 0.220. The Kier molecular flexibility index (Phi) is 3.15. The molecule has 1 heterocycles. The molecule has 4 heteroatoms. The molecule has 17 heavy (non-hydrogen) atoms. The van der Waals surface area contributed by atoms with Crippen molar-refractivity contribution in [1.82, 2.24) is 9.78 Å². The Balaban J connectivity index is 2.30. The minimum Gasteiger partial charge on any atom is -0.384 e. The number of anilines is 1. The minimum atomic E-state index is -0.622. The molecule has 2 rings (SSSR count). The normalized spacial score (nSPS) is 12.5. The average molecular weight is 231 g/mol. The maximum atomic E-state index is 10.2. The van der Waals surface area contributed by atoms with Gasteiger partial charge in [-0.25, -0.2) is 0 Å². The number of aryl methyl sites for hydroxylation is 1. The van der Waals surface area contributed by atoms with Crippen LogP contribution in [0, 0.1) is 0 Å². The number of aromatic nitrogens is 2. The third-order valence-corrected chi connectivity index (χ3v) is 2.74. The molecule has 0 aliphatic heterocycles. The van der Waals surface area contributed by atoms with E-state index in [-0.39, 0.29) is 0 Å². The third kappa shape index (κ3) is 2.47. The van der Waals surface area contributed by atoms with Gasteiger partial charge < -0.3 is 10.0 Å². The number of nitrogens with zero attached hydrogens (tertiary/aromatic N) is 3. The van der Waals surface area contributed by atoms with E-state index in [1.165, 1.54) is 0 Å². The van der Waals surface area contributed by atoms with Crippen LogP contribution in [0.4, 0.5) is 5.69 Å². The average Bonchev–Trinajstić information content (AvgIpc) is 2.75. The van der Waals surface area contributed by atoms with E-state index in [1.54, 1.807) is 10.9 Å². The van der Waals surface area contributed by atoms with Crippen LogP contribution in [0.15, 0.2) is 36.7 Å². The van der Waals surface area contributed by atoms with Crippen LogP contribution < -0.4 is 4.90 Å². The quantitative estimate of drug-likeness (QED) is 0.871. The summed E-state index contributed by atoms with van der Waals surface area (Å²) < 4.78 is 1.69. The third-order valence-electron chi connectivity index (χ3n) is 2.74. The molecule has 1 N–H and O–H groups in total. The highest BCUT2D eigenvalue weighted by atomic mass is 16.3. The zero-order chi connectivity index (χ0) is 12.4. The first kappa shape index (κ1) is 11.7. The van der Waals surface area contributed by atoms with Gasteiger partial charge in [0.15, 0.2) is 0 Å². The lowest BCUT2D eigenvalue weighted by Gasteiger charge is -2.15. The monoisotopic (exact) mass is 231 g/mol. The first-order chi connectivity index (χ1) is 8.08. The fourth-order valence-electron chi connectivity index (χ4n) is 1.75. The van der Waals surface area contributed by atoms with Gasteiger partial charge >= 0.3 is 0 Å². The molecule has 2 aromatic rings. The Morgan fingerprint density at radius 2 is 2.06 bits per heavy atom. The van der Waals surface area contributed by atoms with Gasteiger partial charge in [-0.3, -0.25) is 4.68 Å². The molecule has 1 aromatic carbocycles. The molecule has 0 aliphatic carbocycles. The molecule has 90 valence electrons. The van der Waals surface area contributed by atoms with Crippen LogP contribution in [0.5, 0.6) is 0 Å². The smallest absolute Gasteiger partial charge is 0.107 e. The van der Waals surface area contributed by atoms with Gasteiger partial charge in [-0.1, -0.05) is 12.1 Å². The molecule has 1 unspecified atom stereocenters. The van der Waals surface area contributed by atoms with Crippen molar-refractivity contribution in [1.29, 1.82) is 0 Å². The lowest BCUT2D eigenvalue weighted by atomic mass is 10.0. The van der Waals surface area contributed by atoms with Crippen LogP contribution in [0.3, 0.4) is 0 Å². The topological polar surface area (TPSA) is 41.3 Å². The number of benzene rings is 1. The zero-order valence-corrected chi connectivity index (χ0v) is 10.3. The molecule has 0 saturated heterocycles. The van der Waals surface area contributed by atoms with Crippen LogP contribution in [0.25, 0.3) is 0 Å². The van der Waals surface area contributed by atoms with Crippen molar-refractivity contribution in [2.75, 3.05) is 19.0 Å². The Labute approximate surface area is 101 Å². The number of rotatable bonds is 3. The molecule has 0 radical (unpaired) electrons. The van der Waals surface area contributed by atoms with Gasteiger partial charge in [0.05, 0.1) is 6.20 Å². The molecule has 0 saturated carbocycles. The summed E-state index contributed by atoms with van der Waals surface area (Å²) in [5.41, 5.74) is 2.76. The molecule has 0 aliphatic rings. The second kappa shape index (κ2) is 4.59. The summed E-state index contributed by atoms with van der Waals surface area (Å²) in [5, 5.41) is 14.3. The van der Waals surface area contributed by atoms with Gasteiger partial charge in [-0.2, -0.15) is 5.10 Å². The van der Waals surface area contributed by atoms with E-state index in [9.17, 15) is 5.11 Å². The number of hydrogen-bond donors (Lipinski definition) is 1. The Hall–Kier alpha value is -1.81. The Bertz CT molecular complexity index is 505. The summed E-state index contributed by atoms with van der Waals surface area (Å²) in [7, 11) is 5.80. The molecule has 0 fully saturated rings. The predicted molar refractivity (Wildman–Crippen MR) is 68.0 cm³/mol. The number of hydrogen-bond acceptors (Lipinski definition) is 3. The molecule has 0 bridgehead atoms. The van der Waals surface area contributed by atoms with Gasteiger partial charge in [0.1, 0.15) is 6.10 Å². The summed E-state index contributed by atoms with van der Waals surface area (Å²) in [6.07, 6.45) is 2.89. The second-order valence-corrected chi connectivity index (χ2v) is 4.34. The zero-order valence-electron chi connectivity index (χ0n) is 10.3. The van der Waals surface area contributed by atoms with Crippen LogP contribution >= 0.6 is 0 Å². The first-order valence-electron chi connectivity index (χ1n) is 5.52. The van der Waals surface area contributed by atoms with Crippen molar-refractivity contribution in [3.05, 3.63) is 47.8 Å². The van der Waals surface area contributed by atoms with Gasteiger partial charge in [-0.15, -0.1) is 0 Å². The first-order valence-corrected chi connectivity index (χ1v) is 5.52. The molecule has 0 spiro atoms. The maximum Gasteiger partial charge on any atom is 0.107 e. The van der Waals surface area contributed by atoms with Crippen LogP contribution in [-0.4, -0.2) is 29.0 Å². The van der Waals surface area contributed by atoms with Crippen molar-refractivity contribution in [3.8, 4) is 0 Å². The van der Waals surface area contributed by atoms with Crippen molar-refractivity contribution < 1.29 is 5.11 Å². The molecule has 1 aromatic heterocycles. The number of aliphatic hydroxyl groups excluding tert-OH is 1. The van der Waals surface area contributed by atoms with Gasteiger partial charge in [0.2, 0.25) is 0 Å². The van der Waals surface area contributed by atoms with E-state index in [0.29, 0.717) is 0 Å². The lowest BCUT2D eigenvalue weighted by Crippen LogP contribution is -2.09. The second-order valence-electron chi connectivity index (χ2n) is 4.34. The van der Waals surface area contributed by atoms with Crippen molar-refractivity contribution in [2.45, 2.75) is 6.10 Å². The van der Waals surface area contributed by atoms with E-state index in [4.69, 9.17) is 0 Å². The van der Waals surface area contributed by atoms with Gasteiger partial charge in [0.25, 0.3) is 0 Å². The van der Waals surface area contributed by atoms with Crippen LogP contribution in [0.1, 0.15) is 17.2 Å². The molecule has 4 nitrogen and oxygen atoms in total. The summed E-state index contributed by atoms with van der Waals surface area (Å²) in [5.74, 6) is 0. The highest BCUT2D eigenvalue weighted by Crippen LogP contribution is 2.24. The molecular formula is C13H17N3O. The van der Waals surface area contributed by atoms with Gasteiger partial charge in [0, 0.05) is 38.6 Å². The summed E-state index contributed by atoms with van der Waals surface area (Å²) in [6.45, 7) is 0. The minimum absolute atomic E-state index is 0.622. The predicted octanol–water partition coefficient (Wildman–Crippen LogP) is 1.57. The summed E-state index contributed by atoms with van der Waals surface area (Å²) in [4.78, 5) is 2.01. The van der Waals surface area contributed by atoms with E-state index in [0.717, 1.165) is 16.8 Å². The van der Waals surface area contributed by atoms with E-state index in [1.807, 2.05) is 56.5 Å². The largest absolute Gasteiger partial charge is 0.384 e.